The molecule has 0 saturated carbocycles. The Balaban J connectivity index is 2.17. The second kappa shape index (κ2) is 5.82. The average molecular weight is 311 g/mol. The Morgan fingerprint density at radius 2 is 2.05 bits per heavy atom. The molecule has 1 aromatic heterocycles. The van der Waals surface area contributed by atoms with Gasteiger partial charge in [0.1, 0.15) is 0 Å². The van der Waals surface area contributed by atoms with Gasteiger partial charge in [0.05, 0.1) is 4.90 Å². The highest BCUT2D eigenvalue weighted by atomic mass is 32.2. The van der Waals surface area contributed by atoms with E-state index in [2.05, 4.69) is 6.07 Å². The minimum atomic E-state index is -3.74. The molecule has 0 fully saturated rings. The van der Waals surface area contributed by atoms with Gasteiger partial charge in [0, 0.05) is 29.8 Å². The molecule has 20 heavy (non-hydrogen) atoms. The molecule has 0 radical (unpaired) electrons. The van der Waals surface area contributed by atoms with Crippen molar-refractivity contribution in [2.45, 2.75) is 11.3 Å². The lowest BCUT2D eigenvalue weighted by Gasteiger charge is -2.20. The third kappa shape index (κ3) is 3.72. The third-order valence-corrected chi connectivity index (χ3v) is 4.79. The lowest BCUT2D eigenvalue weighted by atomic mass is 10.2. The number of nitrogens with zero attached hydrogens (tertiary/aromatic N) is 1. The molecule has 4 N–H and O–H groups in total. The Hall–Kier alpha value is -1.57. The van der Waals surface area contributed by atoms with Crippen LogP contribution in [0.1, 0.15) is 4.88 Å². The van der Waals surface area contributed by atoms with Crippen LogP contribution in [0.4, 0.5) is 11.4 Å². The standard InChI is InChI=1S/C13H17N3O2S2/c1-16(5-4-12-3-2-6-19-12)11-7-10(14)8-13(9-11)20(15,17)18/h2-3,6-9H,4-5,14H2,1H3,(H2,15,17,18). The molecule has 7 heteroatoms. The maximum absolute atomic E-state index is 11.4. The number of anilines is 2. The van der Waals surface area contributed by atoms with Gasteiger partial charge in [-0.25, -0.2) is 13.6 Å². The summed E-state index contributed by atoms with van der Waals surface area (Å²) in [6.07, 6.45) is 0.897. The first-order valence-electron chi connectivity index (χ1n) is 6.03. The first-order valence-corrected chi connectivity index (χ1v) is 8.46. The predicted octanol–water partition coefficient (Wildman–Crippen LogP) is 1.66. The van der Waals surface area contributed by atoms with E-state index in [1.165, 1.54) is 10.9 Å². The zero-order chi connectivity index (χ0) is 14.8. The number of hydrogen-bond acceptors (Lipinski definition) is 5. The molecule has 0 bridgehead atoms. The van der Waals surface area contributed by atoms with Crippen molar-refractivity contribution < 1.29 is 8.42 Å². The van der Waals surface area contributed by atoms with Gasteiger partial charge in [0.2, 0.25) is 10.0 Å². The Labute approximate surface area is 122 Å². The number of primary sulfonamides is 1. The molecule has 0 aliphatic rings. The number of thiophene rings is 1. The maximum atomic E-state index is 11.4. The van der Waals surface area contributed by atoms with E-state index in [1.54, 1.807) is 23.5 Å². The van der Waals surface area contributed by atoms with Gasteiger partial charge in [-0.2, -0.15) is 0 Å². The van der Waals surface area contributed by atoms with Gasteiger partial charge in [-0.15, -0.1) is 11.3 Å². The molecule has 5 nitrogen and oxygen atoms in total. The fourth-order valence-electron chi connectivity index (χ4n) is 1.85. The largest absolute Gasteiger partial charge is 0.399 e. The minimum Gasteiger partial charge on any atom is -0.399 e. The van der Waals surface area contributed by atoms with Gasteiger partial charge < -0.3 is 10.6 Å². The van der Waals surface area contributed by atoms with Gasteiger partial charge in [-0.05, 0) is 36.1 Å². The molecule has 2 rings (SSSR count). The summed E-state index contributed by atoms with van der Waals surface area (Å²) in [6.45, 7) is 0.772. The highest BCUT2D eigenvalue weighted by molar-refractivity contribution is 7.89. The van der Waals surface area contributed by atoms with E-state index in [0.29, 0.717) is 5.69 Å². The van der Waals surface area contributed by atoms with Crippen molar-refractivity contribution in [1.82, 2.24) is 0 Å². The molecule has 0 amide bonds. The van der Waals surface area contributed by atoms with E-state index in [-0.39, 0.29) is 4.90 Å². The van der Waals surface area contributed by atoms with Crippen LogP contribution in [-0.4, -0.2) is 22.0 Å². The van der Waals surface area contributed by atoms with Crippen molar-refractivity contribution in [3.05, 3.63) is 40.6 Å². The molecular formula is C13H17N3O2S2. The van der Waals surface area contributed by atoms with E-state index in [0.717, 1.165) is 18.7 Å². The van der Waals surface area contributed by atoms with Crippen molar-refractivity contribution in [2.75, 3.05) is 24.2 Å². The van der Waals surface area contributed by atoms with Crippen LogP contribution in [0.15, 0.2) is 40.6 Å². The molecule has 0 saturated heterocycles. The van der Waals surface area contributed by atoms with Crippen LogP contribution >= 0.6 is 11.3 Å². The summed E-state index contributed by atoms with van der Waals surface area (Å²) in [4.78, 5) is 3.29. The minimum absolute atomic E-state index is 0.0375. The first kappa shape index (κ1) is 14.8. The van der Waals surface area contributed by atoms with Crippen LogP contribution in [0.5, 0.6) is 0 Å². The van der Waals surface area contributed by atoms with Crippen molar-refractivity contribution in [1.29, 1.82) is 0 Å². The Bertz CT molecular complexity index is 682. The third-order valence-electron chi connectivity index (χ3n) is 2.96. The summed E-state index contributed by atoms with van der Waals surface area (Å²) >= 11 is 1.70. The SMILES string of the molecule is CN(CCc1cccs1)c1cc(N)cc(S(N)(=O)=O)c1. The van der Waals surface area contributed by atoms with E-state index in [9.17, 15) is 8.42 Å². The van der Waals surface area contributed by atoms with E-state index in [4.69, 9.17) is 10.9 Å². The Morgan fingerprint density at radius 1 is 1.30 bits per heavy atom. The number of likely N-dealkylation sites (N-methyl/N-ethyl adjacent to an activating group) is 1. The molecule has 1 heterocycles. The summed E-state index contributed by atoms with van der Waals surface area (Å²) in [6, 6.07) is 8.74. The molecule has 2 aromatic rings. The van der Waals surface area contributed by atoms with E-state index >= 15 is 0 Å². The number of nitrogen functional groups attached to an aromatic ring is 1. The lowest BCUT2D eigenvalue weighted by molar-refractivity contribution is 0.598. The number of hydrogen-bond donors (Lipinski definition) is 2. The number of benzene rings is 1. The van der Waals surface area contributed by atoms with Gasteiger partial charge in [0.25, 0.3) is 0 Å². The highest BCUT2D eigenvalue weighted by Crippen LogP contribution is 2.22. The molecule has 108 valence electrons. The van der Waals surface area contributed by atoms with Gasteiger partial charge >= 0.3 is 0 Å². The fourth-order valence-corrected chi connectivity index (χ4v) is 3.14. The lowest BCUT2D eigenvalue weighted by Crippen LogP contribution is -2.21. The zero-order valence-electron chi connectivity index (χ0n) is 11.1. The normalized spacial score (nSPS) is 11.5. The summed E-state index contributed by atoms with van der Waals surface area (Å²) < 4.78 is 22.8. The summed E-state index contributed by atoms with van der Waals surface area (Å²) in [5, 5.41) is 7.18. The number of rotatable bonds is 5. The van der Waals surface area contributed by atoms with Gasteiger partial charge in [0.15, 0.2) is 0 Å². The zero-order valence-corrected chi connectivity index (χ0v) is 12.7. The van der Waals surface area contributed by atoms with Crippen molar-refractivity contribution in [2.24, 2.45) is 5.14 Å². The Morgan fingerprint density at radius 3 is 2.65 bits per heavy atom. The van der Waals surface area contributed by atoms with Crippen molar-refractivity contribution >= 4 is 32.7 Å². The van der Waals surface area contributed by atoms with Crippen LogP contribution in [-0.2, 0) is 16.4 Å². The van der Waals surface area contributed by atoms with Gasteiger partial charge in [-0.1, -0.05) is 6.07 Å². The van der Waals surface area contributed by atoms with Crippen molar-refractivity contribution in [3.63, 3.8) is 0 Å². The van der Waals surface area contributed by atoms with Crippen molar-refractivity contribution in [3.8, 4) is 0 Å². The van der Waals surface area contributed by atoms with Crippen LogP contribution in [0.3, 0.4) is 0 Å². The quantitative estimate of drug-likeness (QED) is 0.822. The fraction of sp³-hybridized carbons (Fsp3) is 0.231. The van der Waals surface area contributed by atoms with E-state index < -0.39 is 10.0 Å². The summed E-state index contributed by atoms with van der Waals surface area (Å²) in [5.74, 6) is 0. The number of nitrogens with two attached hydrogens (primary N) is 2. The van der Waals surface area contributed by atoms with Crippen LogP contribution < -0.4 is 15.8 Å². The van der Waals surface area contributed by atoms with Crippen LogP contribution in [0.25, 0.3) is 0 Å². The monoisotopic (exact) mass is 311 g/mol. The van der Waals surface area contributed by atoms with E-state index in [1.807, 2.05) is 23.4 Å². The molecule has 1 aromatic carbocycles. The molecule has 0 spiro atoms. The smallest absolute Gasteiger partial charge is 0.238 e. The molecular weight excluding hydrogens is 294 g/mol. The topological polar surface area (TPSA) is 89.4 Å². The average Bonchev–Trinajstić information content (AvgIpc) is 2.87. The molecule has 0 unspecified atom stereocenters. The first-order chi connectivity index (χ1) is 9.36. The summed E-state index contributed by atoms with van der Waals surface area (Å²) in [7, 11) is -1.85. The molecule has 0 atom stereocenters. The highest BCUT2D eigenvalue weighted by Gasteiger charge is 2.12. The summed E-state index contributed by atoms with van der Waals surface area (Å²) in [5.41, 5.74) is 6.87. The Kier molecular flexibility index (Phi) is 4.32. The second-order valence-corrected chi connectivity index (χ2v) is 7.15. The molecule has 0 aliphatic carbocycles. The number of sulfonamides is 1. The van der Waals surface area contributed by atoms with Crippen LogP contribution in [0.2, 0.25) is 0 Å². The van der Waals surface area contributed by atoms with Crippen LogP contribution in [0, 0.1) is 0 Å². The predicted molar refractivity (Wildman–Crippen MR) is 83.5 cm³/mol. The molecule has 0 aliphatic heterocycles. The maximum Gasteiger partial charge on any atom is 0.238 e. The van der Waals surface area contributed by atoms with Gasteiger partial charge in [-0.3, -0.25) is 0 Å². The second-order valence-electron chi connectivity index (χ2n) is 4.56.